The Morgan fingerprint density at radius 3 is 2.71 bits per heavy atom. The first-order chi connectivity index (χ1) is 10.1. The Labute approximate surface area is 128 Å². The van der Waals surface area contributed by atoms with Crippen molar-refractivity contribution in [2.45, 2.75) is 17.7 Å². The Kier molecular flexibility index (Phi) is 5.50. The summed E-state index contributed by atoms with van der Waals surface area (Å²) in [5.74, 6) is -0.115. The summed E-state index contributed by atoms with van der Waals surface area (Å²) in [6, 6.07) is 7.53. The van der Waals surface area contributed by atoms with Gasteiger partial charge in [-0.1, -0.05) is 0 Å². The number of nitrogens with zero attached hydrogens (tertiary/aromatic N) is 1. The summed E-state index contributed by atoms with van der Waals surface area (Å²) >= 11 is 1.46. The number of amides is 1. The van der Waals surface area contributed by atoms with Crippen LogP contribution in [0.15, 0.2) is 29.2 Å². The third-order valence-corrected chi connectivity index (χ3v) is 4.54. The summed E-state index contributed by atoms with van der Waals surface area (Å²) in [4.78, 5) is 25.8. The maximum absolute atomic E-state index is 12.2. The highest BCUT2D eigenvalue weighted by Crippen LogP contribution is 2.23. The van der Waals surface area contributed by atoms with Crippen molar-refractivity contribution in [1.82, 2.24) is 4.90 Å². The van der Waals surface area contributed by atoms with Crippen LogP contribution in [0, 0.1) is 5.92 Å². The minimum Gasteiger partial charge on any atom is -0.497 e. The predicted octanol–water partition coefficient (Wildman–Crippen LogP) is 2.11. The number of carboxylic acids is 1. The highest BCUT2D eigenvalue weighted by molar-refractivity contribution is 8.00. The molecule has 21 heavy (non-hydrogen) atoms. The predicted molar refractivity (Wildman–Crippen MR) is 80.7 cm³/mol. The first-order valence-corrected chi connectivity index (χ1v) is 7.86. The Morgan fingerprint density at radius 2 is 2.10 bits per heavy atom. The summed E-state index contributed by atoms with van der Waals surface area (Å²) in [7, 11) is 1.61. The summed E-state index contributed by atoms with van der Waals surface area (Å²) in [5, 5.41) is 9.04. The van der Waals surface area contributed by atoms with Crippen molar-refractivity contribution < 1.29 is 19.4 Å². The van der Waals surface area contributed by atoms with Crippen LogP contribution in [-0.2, 0) is 9.59 Å². The molecule has 1 aliphatic rings. The summed E-state index contributed by atoms with van der Waals surface area (Å²) in [5.41, 5.74) is 0. The molecule has 1 unspecified atom stereocenters. The zero-order valence-corrected chi connectivity index (χ0v) is 12.8. The van der Waals surface area contributed by atoms with Crippen molar-refractivity contribution in [2.75, 3.05) is 26.0 Å². The van der Waals surface area contributed by atoms with Gasteiger partial charge in [0.15, 0.2) is 0 Å². The number of piperidine rings is 1. The number of carboxylic acid groups (broad SMARTS) is 1. The van der Waals surface area contributed by atoms with Gasteiger partial charge in [0.05, 0.1) is 18.8 Å². The molecule has 0 saturated carbocycles. The smallest absolute Gasteiger partial charge is 0.308 e. The van der Waals surface area contributed by atoms with Crippen LogP contribution in [0.2, 0.25) is 0 Å². The molecule has 1 N–H and O–H groups in total. The number of thioether (sulfide) groups is 1. The first kappa shape index (κ1) is 15.7. The van der Waals surface area contributed by atoms with Crippen molar-refractivity contribution in [3.05, 3.63) is 24.3 Å². The summed E-state index contributed by atoms with van der Waals surface area (Å²) in [6.45, 7) is 0.989. The Morgan fingerprint density at radius 1 is 1.38 bits per heavy atom. The van der Waals surface area contributed by atoms with Gasteiger partial charge in [0.2, 0.25) is 5.91 Å². The number of hydrogen-bond acceptors (Lipinski definition) is 4. The van der Waals surface area contributed by atoms with Crippen LogP contribution in [0.3, 0.4) is 0 Å². The lowest BCUT2D eigenvalue weighted by molar-refractivity contribution is -0.145. The number of carbonyl (C=O) groups is 2. The van der Waals surface area contributed by atoms with E-state index in [4.69, 9.17) is 9.84 Å². The normalized spacial score (nSPS) is 18.3. The monoisotopic (exact) mass is 309 g/mol. The van der Waals surface area contributed by atoms with Gasteiger partial charge in [0, 0.05) is 18.0 Å². The molecule has 114 valence electrons. The van der Waals surface area contributed by atoms with Crippen molar-refractivity contribution >= 4 is 23.6 Å². The van der Waals surface area contributed by atoms with Gasteiger partial charge in [0.1, 0.15) is 5.75 Å². The molecule has 1 amide bonds. The third-order valence-electron chi connectivity index (χ3n) is 3.55. The van der Waals surface area contributed by atoms with Crippen LogP contribution in [0.5, 0.6) is 5.75 Å². The Bertz CT molecular complexity index is 503. The number of likely N-dealkylation sites (tertiary alicyclic amines) is 1. The fourth-order valence-corrected chi connectivity index (χ4v) is 3.11. The molecule has 1 saturated heterocycles. The first-order valence-electron chi connectivity index (χ1n) is 6.87. The second-order valence-electron chi connectivity index (χ2n) is 4.98. The number of rotatable bonds is 5. The largest absolute Gasteiger partial charge is 0.497 e. The number of methoxy groups -OCH3 is 1. The van der Waals surface area contributed by atoms with Crippen LogP contribution in [0.4, 0.5) is 0 Å². The molecule has 1 aromatic carbocycles. The molecule has 0 aliphatic carbocycles. The van der Waals surface area contributed by atoms with Crippen molar-refractivity contribution in [2.24, 2.45) is 5.92 Å². The highest BCUT2D eigenvalue weighted by atomic mass is 32.2. The molecule has 1 fully saturated rings. The topological polar surface area (TPSA) is 66.8 Å². The Balaban J connectivity index is 1.84. The lowest BCUT2D eigenvalue weighted by atomic mass is 9.98. The molecule has 0 spiro atoms. The van der Waals surface area contributed by atoms with Crippen molar-refractivity contribution in [3.63, 3.8) is 0 Å². The van der Waals surface area contributed by atoms with Crippen LogP contribution in [0.1, 0.15) is 12.8 Å². The molecule has 1 heterocycles. The quantitative estimate of drug-likeness (QED) is 0.844. The number of aliphatic carboxylic acids is 1. The van der Waals surface area contributed by atoms with Crippen LogP contribution < -0.4 is 4.74 Å². The number of benzene rings is 1. The van der Waals surface area contributed by atoms with Gasteiger partial charge < -0.3 is 14.7 Å². The zero-order valence-electron chi connectivity index (χ0n) is 11.9. The SMILES string of the molecule is COc1ccc(SCC(=O)N2CCCC(C(=O)O)C2)cc1. The zero-order chi connectivity index (χ0) is 15.2. The Hall–Kier alpha value is -1.69. The molecular formula is C15H19NO4S. The van der Waals surface area contributed by atoms with E-state index in [1.807, 2.05) is 24.3 Å². The minimum absolute atomic E-state index is 0.00164. The van der Waals surface area contributed by atoms with Gasteiger partial charge in [-0.25, -0.2) is 0 Å². The molecule has 6 heteroatoms. The molecular weight excluding hydrogens is 290 g/mol. The van der Waals surface area contributed by atoms with E-state index in [1.165, 1.54) is 11.8 Å². The molecule has 1 atom stereocenters. The fraction of sp³-hybridized carbons (Fsp3) is 0.467. The molecule has 1 aromatic rings. The van der Waals surface area contributed by atoms with Gasteiger partial charge in [-0.2, -0.15) is 0 Å². The standard InChI is InChI=1S/C15H19NO4S/c1-20-12-4-6-13(7-5-12)21-10-14(17)16-8-2-3-11(9-16)15(18)19/h4-7,11H,2-3,8-10H2,1H3,(H,18,19). The minimum atomic E-state index is -0.810. The van der Waals surface area contributed by atoms with E-state index in [2.05, 4.69) is 0 Å². The summed E-state index contributed by atoms with van der Waals surface area (Å²) < 4.78 is 5.08. The van der Waals surface area contributed by atoms with Gasteiger partial charge in [0.25, 0.3) is 0 Å². The van der Waals surface area contributed by atoms with Gasteiger partial charge in [-0.3, -0.25) is 9.59 Å². The second kappa shape index (κ2) is 7.36. The maximum atomic E-state index is 12.2. The molecule has 0 bridgehead atoms. The van der Waals surface area contributed by atoms with E-state index < -0.39 is 11.9 Å². The van der Waals surface area contributed by atoms with Crippen LogP contribution >= 0.6 is 11.8 Å². The molecule has 2 rings (SSSR count). The molecule has 5 nitrogen and oxygen atoms in total. The fourth-order valence-electron chi connectivity index (χ4n) is 2.31. The number of ether oxygens (including phenoxy) is 1. The van der Waals surface area contributed by atoms with E-state index in [-0.39, 0.29) is 5.91 Å². The lowest BCUT2D eigenvalue weighted by Gasteiger charge is -2.30. The average Bonchev–Trinajstić information content (AvgIpc) is 2.53. The highest BCUT2D eigenvalue weighted by Gasteiger charge is 2.27. The third kappa shape index (κ3) is 4.39. The van der Waals surface area contributed by atoms with E-state index in [1.54, 1.807) is 12.0 Å². The van der Waals surface area contributed by atoms with Crippen LogP contribution in [-0.4, -0.2) is 47.8 Å². The number of hydrogen-bond donors (Lipinski definition) is 1. The molecule has 1 aliphatic heterocycles. The van der Waals surface area contributed by atoms with Gasteiger partial charge in [-0.05, 0) is 37.1 Å². The van der Waals surface area contributed by atoms with Crippen molar-refractivity contribution in [3.8, 4) is 5.75 Å². The lowest BCUT2D eigenvalue weighted by Crippen LogP contribution is -2.43. The van der Waals surface area contributed by atoms with Gasteiger partial charge in [-0.15, -0.1) is 11.8 Å². The molecule has 0 radical (unpaired) electrons. The van der Waals surface area contributed by atoms with E-state index in [0.29, 0.717) is 25.3 Å². The van der Waals surface area contributed by atoms with Crippen molar-refractivity contribution in [1.29, 1.82) is 0 Å². The second-order valence-corrected chi connectivity index (χ2v) is 6.03. The van der Waals surface area contributed by atoms with E-state index in [0.717, 1.165) is 17.1 Å². The van der Waals surface area contributed by atoms with Gasteiger partial charge >= 0.3 is 5.97 Å². The van der Waals surface area contributed by atoms with E-state index in [9.17, 15) is 9.59 Å². The summed E-state index contributed by atoms with van der Waals surface area (Å²) in [6.07, 6.45) is 1.42. The van der Waals surface area contributed by atoms with E-state index >= 15 is 0 Å². The molecule has 0 aromatic heterocycles. The maximum Gasteiger partial charge on any atom is 0.308 e. The average molecular weight is 309 g/mol. The number of carbonyl (C=O) groups excluding carboxylic acids is 1. The van der Waals surface area contributed by atoms with Crippen LogP contribution in [0.25, 0.3) is 0 Å².